The summed E-state index contributed by atoms with van der Waals surface area (Å²) in [5, 5.41) is 9.89. The van der Waals surface area contributed by atoms with E-state index in [4.69, 9.17) is 29.6 Å². The summed E-state index contributed by atoms with van der Waals surface area (Å²) in [4.78, 5) is 23.4. The highest BCUT2D eigenvalue weighted by Gasteiger charge is 2.35. The SMILES string of the molecule is CCOC(=O)C1=C[C@H](OC(CC)CC)[C@@H](NC(C)=O)[C@H](N)C1.O=P(=O)OO.[HH]. The summed E-state index contributed by atoms with van der Waals surface area (Å²) in [6, 6.07) is -0.719. The van der Waals surface area contributed by atoms with E-state index in [0.29, 0.717) is 18.6 Å². The van der Waals surface area contributed by atoms with Crippen molar-refractivity contribution in [2.45, 2.75) is 71.2 Å². The van der Waals surface area contributed by atoms with E-state index >= 15 is 0 Å². The van der Waals surface area contributed by atoms with Crippen LogP contribution in [0.4, 0.5) is 0 Å². The van der Waals surface area contributed by atoms with Crippen molar-refractivity contribution >= 4 is 19.8 Å². The Morgan fingerprint density at radius 1 is 1.37 bits per heavy atom. The number of rotatable bonds is 8. The van der Waals surface area contributed by atoms with Crippen LogP contribution < -0.4 is 11.1 Å². The largest absolute Gasteiger partial charge is 0.496 e. The molecule has 1 rings (SSSR count). The fraction of sp³-hybridized carbons (Fsp3) is 0.750. The van der Waals surface area contributed by atoms with E-state index < -0.39 is 14.0 Å². The zero-order chi connectivity index (χ0) is 21.0. The predicted molar refractivity (Wildman–Crippen MR) is 98.3 cm³/mol. The lowest BCUT2D eigenvalue weighted by atomic mass is 9.88. The van der Waals surface area contributed by atoms with E-state index in [9.17, 15) is 9.59 Å². The lowest BCUT2D eigenvalue weighted by Gasteiger charge is -2.36. The van der Waals surface area contributed by atoms with Crippen molar-refractivity contribution in [1.82, 2.24) is 5.32 Å². The van der Waals surface area contributed by atoms with Crippen molar-refractivity contribution in [2.24, 2.45) is 5.73 Å². The Labute approximate surface area is 160 Å². The third kappa shape index (κ3) is 9.78. The van der Waals surface area contributed by atoms with Gasteiger partial charge in [0.2, 0.25) is 5.91 Å². The minimum Gasteiger partial charge on any atom is -0.463 e. The molecule has 1 aliphatic carbocycles. The van der Waals surface area contributed by atoms with Crippen LogP contribution in [0.25, 0.3) is 0 Å². The zero-order valence-electron chi connectivity index (χ0n) is 16.0. The molecule has 3 atom stereocenters. The molecule has 0 heterocycles. The number of esters is 1. The molecule has 0 fully saturated rings. The van der Waals surface area contributed by atoms with Crippen LogP contribution in [0.15, 0.2) is 11.6 Å². The van der Waals surface area contributed by atoms with Crippen molar-refractivity contribution < 1.29 is 39.6 Å². The van der Waals surface area contributed by atoms with Crippen LogP contribution >= 0.6 is 7.91 Å². The van der Waals surface area contributed by atoms with E-state index in [1.807, 2.05) is 13.8 Å². The molecule has 0 spiro atoms. The molecule has 4 N–H and O–H groups in total. The molecule has 0 aliphatic heterocycles. The first-order chi connectivity index (χ1) is 12.7. The van der Waals surface area contributed by atoms with Gasteiger partial charge in [-0.25, -0.2) is 19.2 Å². The smallest absolute Gasteiger partial charge is 0.463 e. The summed E-state index contributed by atoms with van der Waals surface area (Å²) in [7, 11) is -3.04. The van der Waals surface area contributed by atoms with Crippen LogP contribution in [-0.4, -0.2) is 48.0 Å². The lowest BCUT2D eigenvalue weighted by Crippen LogP contribution is -2.57. The number of ether oxygens (including phenoxy) is 2. The first kappa shape index (κ1) is 25.4. The van der Waals surface area contributed by atoms with Gasteiger partial charge in [-0.05, 0) is 32.3 Å². The molecular weight excluding hydrogens is 379 g/mol. The topological polar surface area (TPSA) is 154 Å². The van der Waals surface area contributed by atoms with Gasteiger partial charge in [0.25, 0.3) is 0 Å². The van der Waals surface area contributed by atoms with Crippen molar-refractivity contribution in [3.8, 4) is 0 Å². The third-order valence-electron chi connectivity index (χ3n) is 3.87. The van der Waals surface area contributed by atoms with E-state index in [0.717, 1.165) is 12.8 Å². The van der Waals surface area contributed by atoms with Gasteiger partial charge in [-0.3, -0.25) is 4.79 Å². The van der Waals surface area contributed by atoms with E-state index in [2.05, 4.69) is 9.99 Å². The van der Waals surface area contributed by atoms with E-state index in [1.165, 1.54) is 6.92 Å². The Hall–Kier alpha value is -1.58. The molecule has 0 unspecified atom stereocenters. The summed E-state index contributed by atoms with van der Waals surface area (Å²) < 4.78 is 31.7. The third-order valence-corrected chi connectivity index (χ3v) is 4.00. The Morgan fingerprint density at radius 3 is 2.33 bits per heavy atom. The molecule has 0 saturated carbocycles. The van der Waals surface area contributed by atoms with Crippen molar-refractivity contribution in [3.63, 3.8) is 0 Å². The van der Waals surface area contributed by atoms with Crippen LogP contribution in [0.1, 0.15) is 48.4 Å². The fourth-order valence-electron chi connectivity index (χ4n) is 2.62. The lowest BCUT2D eigenvalue weighted by molar-refractivity contribution is -0.139. The highest BCUT2D eigenvalue weighted by Crippen LogP contribution is 2.24. The summed E-state index contributed by atoms with van der Waals surface area (Å²) >= 11 is 0. The second-order valence-corrected chi connectivity index (χ2v) is 6.46. The molecule has 0 saturated heterocycles. The van der Waals surface area contributed by atoms with E-state index in [-0.39, 0.29) is 31.5 Å². The molecule has 11 heteroatoms. The molecule has 0 bridgehead atoms. The van der Waals surface area contributed by atoms with Gasteiger partial charge >= 0.3 is 13.9 Å². The maximum absolute atomic E-state index is 12.0. The second-order valence-electron chi connectivity index (χ2n) is 5.85. The molecule has 1 aliphatic rings. The minimum atomic E-state index is -3.04. The molecule has 158 valence electrons. The van der Waals surface area contributed by atoms with Gasteiger partial charge in [0.05, 0.1) is 24.9 Å². The van der Waals surface area contributed by atoms with E-state index in [1.54, 1.807) is 13.0 Å². The van der Waals surface area contributed by atoms with Crippen molar-refractivity contribution in [1.29, 1.82) is 0 Å². The monoisotopic (exact) mass is 410 g/mol. The summed E-state index contributed by atoms with van der Waals surface area (Å²) in [6.45, 7) is 7.62. The van der Waals surface area contributed by atoms with Crippen molar-refractivity contribution in [3.05, 3.63) is 11.6 Å². The molecule has 0 aromatic heterocycles. The molecule has 0 aromatic carbocycles. The van der Waals surface area contributed by atoms with Crippen LogP contribution in [0.5, 0.6) is 0 Å². The fourth-order valence-corrected chi connectivity index (χ4v) is 2.62. The average molecular weight is 410 g/mol. The number of hydrogen-bond donors (Lipinski definition) is 3. The molecule has 0 radical (unpaired) electrons. The van der Waals surface area contributed by atoms with Gasteiger partial charge in [0, 0.05) is 20.0 Å². The highest BCUT2D eigenvalue weighted by atomic mass is 31.1. The number of nitrogens with two attached hydrogens (primary N) is 1. The molecule has 27 heavy (non-hydrogen) atoms. The van der Waals surface area contributed by atoms with Gasteiger partial charge in [0.15, 0.2) is 0 Å². The Balaban J connectivity index is 0. The molecule has 1 amide bonds. The standard InChI is InChI=1S/C16H28N2O4.HO4P.H2/c1-5-12(6-2)22-14-9-11(16(20)21-7-3)8-13(17)15(14)18-10(4)19;1-4-5(2)3;/h9,12-15H,5-8,17H2,1-4H3,(H,18,19);1H;1H/t13-,14+,15+;;/m1../s1. The van der Waals surface area contributed by atoms with Crippen LogP contribution in [0, 0.1) is 0 Å². The number of nitrogens with one attached hydrogen (secondary N) is 1. The van der Waals surface area contributed by atoms with Gasteiger partial charge in [-0.1, -0.05) is 13.8 Å². The normalized spacial score (nSPS) is 21.6. The number of carbonyl (C=O) groups excluding carboxylic acids is 2. The molecule has 0 aromatic rings. The quantitative estimate of drug-likeness (QED) is 0.236. The highest BCUT2D eigenvalue weighted by molar-refractivity contribution is 7.24. The van der Waals surface area contributed by atoms with Gasteiger partial charge in [-0.2, -0.15) is 0 Å². The Kier molecular flexibility index (Phi) is 12.8. The van der Waals surface area contributed by atoms with Crippen LogP contribution in [0.3, 0.4) is 0 Å². The van der Waals surface area contributed by atoms with Crippen LogP contribution in [-0.2, 0) is 32.9 Å². The number of hydrogen-bond acceptors (Lipinski definition) is 9. The van der Waals surface area contributed by atoms with Gasteiger partial charge < -0.3 is 20.5 Å². The summed E-state index contributed by atoms with van der Waals surface area (Å²) in [5.74, 6) is -0.524. The maximum atomic E-state index is 12.0. The predicted octanol–water partition coefficient (Wildman–Crippen LogP) is 2.10. The summed E-state index contributed by atoms with van der Waals surface area (Å²) in [5.41, 5.74) is 6.68. The summed E-state index contributed by atoms with van der Waals surface area (Å²) in [6.07, 6.45) is 3.48. The van der Waals surface area contributed by atoms with Gasteiger partial charge in [0.1, 0.15) is 0 Å². The zero-order valence-corrected chi connectivity index (χ0v) is 16.9. The first-order valence-corrected chi connectivity index (χ1v) is 9.81. The number of amides is 1. The minimum absolute atomic E-state index is 0. The second kappa shape index (κ2) is 13.6. The molecular formula is C16H31N2O8P. The van der Waals surface area contributed by atoms with Gasteiger partial charge in [-0.15, -0.1) is 4.67 Å². The Bertz CT molecular complexity index is 573. The van der Waals surface area contributed by atoms with Crippen LogP contribution in [0.2, 0.25) is 0 Å². The number of carbonyl (C=O) groups is 2. The Morgan fingerprint density at radius 2 is 1.93 bits per heavy atom. The average Bonchev–Trinajstić information content (AvgIpc) is 2.62. The molecule has 10 nitrogen and oxygen atoms in total. The first-order valence-electron chi connectivity index (χ1n) is 8.71. The van der Waals surface area contributed by atoms with Crippen molar-refractivity contribution in [2.75, 3.05) is 6.61 Å². The maximum Gasteiger partial charge on any atom is 0.496 e.